The summed E-state index contributed by atoms with van der Waals surface area (Å²) in [6.07, 6.45) is 1.81. The topological polar surface area (TPSA) is 105 Å². The fourth-order valence-corrected chi connectivity index (χ4v) is 0.882. The number of anilines is 1. The Morgan fingerprint density at radius 3 is 2.69 bits per heavy atom. The van der Waals surface area contributed by atoms with E-state index >= 15 is 0 Å². The number of nitrogens with one attached hydrogen (secondary N) is 1. The first-order valence-corrected chi connectivity index (χ1v) is 4.63. The molecule has 0 saturated heterocycles. The second-order valence-electron chi connectivity index (χ2n) is 3.08. The number of aromatic nitrogens is 2. The molecule has 0 aliphatic carbocycles. The number of ether oxygens (including phenoxy) is 1. The van der Waals surface area contributed by atoms with Crippen LogP contribution in [-0.4, -0.2) is 45.4 Å². The van der Waals surface area contributed by atoms with Gasteiger partial charge in [-0.1, -0.05) is 0 Å². The van der Waals surface area contributed by atoms with E-state index in [2.05, 4.69) is 15.3 Å². The third-order valence-electron chi connectivity index (χ3n) is 1.56. The lowest BCUT2D eigenvalue weighted by Gasteiger charge is -2.08. The van der Waals surface area contributed by atoms with Gasteiger partial charge in [-0.15, -0.1) is 0 Å². The van der Waals surface area contributed by atoms with Crippen LogP contribution in [0.3, 0.4) is 0 Å². The Hall–Kier alpha value is -1.73. The van der Waals surface area contributed by atoms with Crippen LogP contribution >= 0.6 is 0 Å². The van der Waals surface area contributed by atoms with Crippen molar-refractivity contribution in [1.82, 2.24) is 9.97 Å². The Morgan fingerprint density at radius 2 is 2.19 bits per heavy atom. The van der Waals surface area contributed by atoms with Crippen LogP contribution < -0.4 is 10.1 Å². The lowest BCUT2D eigenvalue weighted by atomic mass is 10.4. The van der Waals surface area contributed by atoms with Crippen LogP contribution in [0.15, 0.2) is 12.4 Å². The van der Waals surface area contributed by atoms with Crippen LogP contribution in [0.1, 0.15) is 6.92 Å². The molecule has 0 aliphatic rings. The molecule has 16 heavy (non-hydrogen) atoms. The van der Waals surface area contributed by atoms with Crippen molar-refractivity contribution in [3.05, 3.63) is 12.4 Å². The van der Waals surface area contributed by atoms with Crippen molar-refractivity contribution in [2.45, 2.75) is 13.0 Å². The molecule has 1 amide bonds. The SMILES string of the molecule is CC(=O)Nc1cnc(OC[C@@H](O)CO)nc1. The Kier molecular flexibility index (Phi) is 4.62. The molecule has 0 aromatic carbocycles. The average Bonchev–Trinajstić information content (AvgIpc) is 2.27. The highest BCUT2D eigenvalue weighted by Gasteiger charge is 2.05. The van der Waals surface area contributed by atoms with Gasteiger partial charge in [-0.25, -0.2) is 9.97 Å². The molecule has 0 saturated carbocycles. The number of carbonyl (C=O) groups excluding carboxylic acids is 1. The van der Waals surface area contributed by atoms with E-state index < -0.39 is 6.10 Å². The van der Waals surface area contributed by atoms with Crippen molar-refractivity contribution in [3.63, 3.8) is 0 Å². The lowest BCUT2D eigenvalue weighted by Crippen LogP contribution is -2.22. The molecular formula is C9H13N3O4. The van der Waals surface area contributed by atoms with E-state index in [1.165, 1.54) is 19.3 Å². The summed E-state index contributed by atoms with van der Waals surface area (Å²) in [4.78, 5) is 18.3. The van der Waals surface area contributed by atoms with E-state index in [0.29, 0.717) is 5.69 Å². The molecule has 0 spiro atoms. The van der Waals surface area contributed by atoms with Gasteiger partial charge in [0.25, 0.3) is 0 Å². The summed E-state index contributed by atoms with van der Waals surface area (Å²) in [5.74, 6) is -0.215. The molecule has 7 nitrogen and oxygen atoms in total. The van der Waals surface area contributed by atoms with E-state index in [4.69, 9.17) is 14.9 Å². The second-order valence-corrected chi connectivity index (χ2v) is 3.08. The highest BCUT2D eigenvalue weighted by Crippen LogP contribution is 2.07. The zero-order chi connectivity index (χ0) is 12.0. The predicted molar refractivity (Wildman–Crippen MR) is 54.9 cm³/mol. The number of aliphatic hydroxyl groups excluding tert-OH is 2. The average molecular weight is 227 g/mol. The largest absolute Gasteiger partial charge is 0.461 e. The first-order chi connectivity index (χ1) is 7.61. The fourth-order valence-electron chi connectivity index (χ4n) is 0.882. The summed E-state index contributed by atoms with van der Waals surface area (Å²) in [6.45, 7) is 0.905. The number of aliphatic hydroxyl groups is 2. The standard InChI is InChI=1S/C9H13N3O4/c1-6(14)12-7-2-10-9(11-3-7)16-5-8(15)4-13/h2-3,8,13,15H,4-5H2,1H3,(H,12,14)/t8-/m0/s1. The zero-order valence-corrected chi connectivity index (χ0v) is 8.75. The van der Waals surface area contributed by atoms with Crippen LogP contribution in [0.4, 0.5) is 5.69 Å². The van der Waals surface area contributed by atoms with Gasteiger partial charge in [-0.3, -0.25) is 4.79 Å². The molecule has 1 aromatic rings. The molecule has 0 bridgehead atoms. The van der Waals surface area contributed by atoms with Gasteiger partial charge in [-0.05, 0) is 0 Å². The number of amides is 1. The van der Waals surface area contributed by atoms with Crippen LogP contribution in [0.5, 0.6) is 6.01 Å². The monoisotopic (exact) mass is 227 g/mol. The van der Waals surface area contributed by atoms with Crippen molar-refractivity contribution in [3.8, 4) is 6.01 Å². The van der Waals surface area contributed by atoms with Gasteiger partial charge >= 0.3 is 6.01 Å². The first-order valence-electron chi connectivity index (χ1n) is 4.63. The maximum absolute atomic E-state index is 10.7. The van der Waals surface area contributed by atoms with Gasteiger partial charge in [0.1, 0.15) is 12.7 Å². The molecule has 7 heteroatoms. The van der Waals surface area contributed by atoms with Gasteiger partial charge in [0.2, 0.25) is 5.91 Å². The summed E-state index contributed by atoms with van der Waals surface area (Å²) in [7, 11) is 0. The molecule has 1 aromatic heterocycles. The Balaban J connectivity index is 2.48. The van der Waals surface area contributed by atoms with Gasteiger partial charge in [0.15, 0.2) is 0 Å². The quantitative estimate of drug-likeness (QED) is 0.606. The predicted octanol–water partition coefficient (Wildman–Crippen LogP) is -0.833. The van der Waals surface area contributed by atoms with Crippen molar-refractivity contribution in [2.75, 3.05) is 18.5 Å². The minimum absolute atomic E-state index is 0.0709. The number of hydrogen-bond donors (Lipinski definition) is 3. The minimum atomic E-state index is -0.960. The molecule has 1 heterocycles. The molecule has 0 aliphatic heterocycles. The van der Waals surface area contributed by atoms with Crippen molar-refractivity contribution < 1.29 is 19.7 Å². The first kappa shape index (κ1) is 12.3. The van der Waals surface area contributed by atoms with Crippen LogP contribution in [0, 0.1) is 0 Å². The second kappa shape index (κ2) is 5.99. The highest BCUT2D eigenvalue weighted by molar-refractivity contribution is 5.88. The normalized spacial score (nSPS) is 11.9. The van der Waals surface area contributed by atoms with Crippen LogP contribution in [-0.2, 0) is 4.79 Å². The summed E-state index contributed by atoms with van der Waals surface area (Å²) in [6, 6.07) is 0.0709. The van der Waals surface area contributed by atoms with Crippen molar-refractivity contribution >= 4 is 11.6 Å². The summed E-state index contributed by atoms with van der Waals surface area (Å²) >= 11 is 0. The molecule has 88 valence electrons. The van der Waals surface area contributed by atoms with Crippen molar-refractivity contribution in [1.29, 1.82) is 0 Å². The molecule has 0 radical (unpaired) electrons. The lowest BCUT2D eigenvalue weighted by molar-refractivity contribution is -0.114. The molecular weight excluding hydrogens is 214 g/mol. The molecule has 3 N–H and O–H groups in total. The number of hydrogen-bond acceptors (Lipinski definition) is 6. The fraction of sp³-hybridized carbons (Fsp3) is 0.444. The summed E-state index contributed by atoms with van der Waals surface area (Å²) in [5, 5.41) is 20.0. The number of carbonyl (C=O) groups is 1. The van der Waals surface area contributed by atoms with Crippen molar-refractivity contribution in [2.24, 2.45) is 0 Å². The van der Waals surface area contributed by atoms with Gasteiger partial charge < -0.3 is 20.3 Å². The van der Waals surface area contributed by atoms with E-state index in [-0.39, 0.29) is 25.1 Å². The minimum Gasteiger partial charge on any atom is -0.461 e. The third-order valence-corrected chi connectivity index (χ3v) is 1.56. The summed E-state index contributed by atoms with van der Waals surface area (Å²) in [5.41, 5.74) is 0.461. The molecule has 1 atom stereocenters. The van der Waals surface area contributed by atoms with Crippen LogP contribution in [0.25, 0.3) is 0 Å². The van der Waals surface area contributed by atoms with Gasteiger partial charge in [0, 0.05) is 6.92 Å². The van der Waals surface area contributed by atoms with E-state index in [0.717, 1.165) is 0 Å². The van der Waals surface area contributed by atoms with Gasteiger partial charge in [0.05, 0.1) is 24.7 Å². The molecule has 1 rings (SSSR count). The molecule has 0 fully saturated rings. The van der Waals surface area contributed by atoms with E-state index in [1.54, 1.807) is 0 Å². The van der Waals surface area contributed by atoms with Crippen LogP contribution in [0.2, 0.25) is 0 Å². The summed E-state index contributed by atoms with van der Waals surface area (Å²) < 4.78 is 4.97. The van der Waals surface area contributed by atoms with E-state index in [1.807, 2.05) is 0 Å². The Labute approximate surface area is 92.1 Å². The Morgan fingerprint density at radius 1 is 1.56 bits per heavy atom. The smallest absolute Gasteiger partial charge is 0.316 e. The van der Waals surface area contributed by atoms with E-state index in [9.17, 15) is 4.79 Å². The highest BCUT2D eigenvalue weighted by atomic mass is 16.5. The Bertz CT molecular complexity index is 341. The number of rotatable bonds is 5. The zero-order valence-electron chi connectivity index (χ0n) is 8.75. The number of nitrogens with zero attached hydrogens (tertiary/aromatic N) is 2. The third kappa shape index (κ3) is 4.20. The maximum atomic E-state index is 10.7. The maximum Gasteiger partial charge on any atom is 0.316 e. The van der Waals surface area contributed by atoms with Gasteiger partial charge in [-0.2, -0.15) is 0 Å². The molecule has 0 unspecified atom stereocenters.